The molecule has 12 heteroatoms. The van der Waals surface area contributed by atoms with Crippen LogP contribution in [-0.4, -0.2) is 29.4 Å². The molecule has 1 heterocycles. The van der Waals surface area contributed by atoms with E-state index in [9.17, 15) is 23.3 Å². The topological polar surface area (TPSA) is 132 Å². The summed E-state index contributed by atoms with van der Waals surface area (Å²) in [6.07, 6.45) is 0. The van der Waals surface area contributed by atoms with Crippen molar-refractivity contribution < 1.29 is 18.1 Å². The first-order valence-corrected chi connectivity index (χ1v) is 10.5. The van der Waals surface area contributed by atoms with Gasteiger partial charge in [0.1, 0.15) is 15.8 Å². The van der Waals surface area contributed by atoms with Crippen LogP contribution in [0.25, 0.3) is 0 Å². The lowest BCUT2D eigenvalue weighted by Crippen LogP contribution is -2.12. The highest BCUT2D eigenvalue weighted by Crippen LogP contribution is 2.26. The number of carbonyl (C=O) groups is 1. The molecule has 0 spiro atoms. The lowest BCUT2D eigenvalue weighted by Gasteiger charge is -2.02. The molecule has 0 aliphatic carbocycles. The number of anilines is 1. The molecule has 0 saturated heterocycles. The third-order valence-corrected chi connectivity index (χ3v) is 6.49. The highest BCUT2D eigenvalue weighted by Gasteiger charge is 2.20. The Kier molecular flexibility index (Phi) is 5.68. The number of rotatable bonds is 6. The number of hydrogen-bond acceptors (Lipinski definition) is 8. The Hall–Kier alpha value is -2.89. The normalized spacial score (nSPS) is 11.2. The lowest BCUT2D eigenvalue weighted by molar-refractivity contribution is -0.384. The maximum absolute atomic E-state index is 12.4. The van der Waals surface area contributed by atoms with Gasteiger partial charge < -0.3 is 0 Å². The number of aromatic nitrogens is 2. The molecule has 0 radical (unpaired) electrons. The largest absolute Gasteiger partial charge is 0.296 e. The zero-order valence-corrected chi connectivity index (χ0v) is 16.3. The van der Waals surface area contributed by atoms with E-state index < -0.39 is 26.4 Å². The molecule has 144 valence electrons. The second kappa shape index (κ2) is 8.00. The van der Waals surface area contributed by atoms with Crippen LogP contribution >= 0.6 is 22.9 Å². The fourth-order valence-electron chi connectivity index (χ4n) is 2.20. The molecule has 2 aromatic carbocycles. The van der Waals surface area contributed by atoms with Crippen molar-refractivity contribution in [2.24, 2.45) is 0 Å². The Morgan fingerprint density at radius 3 is 2.57 bits per heavy atom. The van der Waals surface area contributed by atoms with Crippen molar-refractivity contribution in [2.45, 2.75) is 10.6 Å². The molecule has 0 bridgehead atoms. The van der Waals surface area contributed by atoms with E-state index in [1.54, 1.807) is 18.2 Å². The minimum Gasteiger partial charge on any atom is -0.296 e. The van der Waals surface area contributed by atoms with Gasteiger partial charge in [-0.25, -0.2) is 8.42 Å². The number of amides is 1. The summed E-state index contributed by atoms with van der Waals surface area (Å²) in [6, 6.07) is 11.5. The number of nitro groups is 1. The fourth-order valence-corrected chi connectivity index (χ4v) is 4.74. The summed E-state index contributed by atoms with van der Waals surface area (Å²) < 4.78 is 24.7. The van der Waals surface area contributed by atoms with Gasteiger partial charge in [0.2, 0.25) is 5.13 Å². The quantitative estimate of drug-likeness (QED) is 0.461. The molecule has 0 atom stereocenters. The van der Waals surface area contributed by atoms with Crippen molar-refractivity contribution in [1.29, 1.82) is 0 Å². The zero-order valence-electron chi connectivity index (χ0n) is 13.9. The minimum atomic E-state index is -3.59. The van der Waals surface area contributed by atoms with Crippen LogP contribution in [0.15, 0.2) is 53.4 Å². The number of nitrogens with zero attached hydrogens (tertiary/aromatic N) is 3. The van der Waals surface area contributed by atoms with E-state index >= 15 is 0 Å². The molecular formula is C16H11ClN4O5S2. The average Bonchev–Trinajstić information content (AvgIpc) is 3.08. The summed E-state index contributed by atoms with van der Waals surface area (Å²) in [5.74, 6) is -1.02. The summed E-state index contributed by atoms with van der Waals surface area (Å²) in [5.41, 5.74) is -0.397. The first-order valence-electron chi connectivity index (χ1n) is 7.62. The zero-order chi connectivity index (χ0) is 20.3. The van der Waals surface area contributed by atoms with E-state index in [4.69, 9.17) is 11.6 Å². The number of halogens is 1. The Morgan fingerprint density at radius 2 is 1.89 bits per heavy atom. The number of hydrogen-bond donors (Lipinski definition) is 1. The molecule has 1 aromatic heterocycles. The van der Waals surface area contributed by atoms with Gasteiger partial charge in [0.05, 0.1) is 9.82 Å². The second-order valence-corrected chi connectivity index (χ2v) is 8.91. The second-order valence-electron chi connectivity index (χ2n) is 5.45. The Bertz CT molecular complexity index is 1150. The monoisotopic (exact) mass is 438 g/mol. The van der Waals surface area contributed by atoms with Gasteiger partial charge in [-0.05, 0) is 24.3 Å². The van der Waals surface area contributed by atoms with E-state index in [-0.39, 0.29) is 31.4 Å². The van der Waals surface area contributed by atoms with Crippen molar-refractivity contribution in [1.82, 2.24) is 10.2 Å². The molecule has 0 aliphatic rings. The van der Waals surface area contributed by atoms with E-state index in [1.807, 2.05) is 0 Å². The molecule has 0 aliphatic heterocycles. The Balaban J connectivity index is 1.74. The summed E-state index contributed by atoms with van der Waals surface area (Å²) in [6.45, 7) is 0. The highest BCUT2D eigenvalue weighted by atomic mass is 35.5. The number of carbonyl (C=O) groups excluding carboxylic acids is 1. The molecule has 1 N–H and O–H groups in total. The van der Waals surface area contributed by atoms with Gasteiger partial charge in [0.15, 0.2) is 9.84 Å². The number of nitro benzene ring substituents is 1. The molecule has 3 aromatic rings. The number of sulfone groups is 1. The highest BCUT2D eigenvalue weighted by molar-refractivity contribution is 7.90. The predicted octanol–water partition coefficient (Wildman–Crippen LogP) is 3.33. The summed E-state index contributed by atoms with van der Waals surface area (Å²) >= 11 is 6.62. The van der Waals surface area contributed by atoms with Gasteiger partial charge in [-0.1, -0.05) is 41.1 Å². The van der Waals surface area contributed by atoms with E-state index in [0.29, 0.717) is 0 Å². The summed E-state index contributed by atoms with van der Waals surface area (Å²) in [4.78, 5) is 22.6. The maximum Gasteiger partial charge on any atom is 0.288 e. The van der Waals surface area contributed by atoms with Crippen LogP contribution in [0.5, 0.6) is 0 Å². The molecule has 1 amide bonds. The first-order chi connectivity index (χ1) is 13.3. The third kappa shape index (κ3) is 4.50. The van der Waals surface area contributed by atoms with Crippen molar-refractivity contribution in [2.75, 3.05) is 5.32 Å². The lowest BCUT2D eigenvalue weighted by atomic mass is 10.2. The fraction of sp³-hybridized carbons (Fsp3) is 0.0625. The smallest absolute Gasteiger partial charge is 0.288 e. The molecule has 0 fully saturated rings. The van der Waals surface area contributed by atoms with Crippen molar-refractivity contribution in [3.63, 3.8) is 0 Å². The van der Waals surface area contributed by atoms with E-state index in [1.165, 1.54) is 24.3 Å². The van der Waals surface area contributed by atoms with Gasteiger partial charge in [0.25, 0.3) is 11.6 Å². The van der Waals surface area contributed by atoms with Gasteiger partial charge >= 0.3 is 0 Å². The molecule has 0 saturated carbocycles. The first kappa shape index (κ1) is 19.9. The Labute approximate surface area is 168 Å². The molecular weight excluding hydrogens is 428 g/mol. The van der Waals surface area contributed by atoms with Gasteiger partial charge in [-0.2, -0.15) is 0 Å². The van der Waals surface area contributed by atoms with Crippen LogP contribution in [-0.2, 0) is 15.6 Å². The minimum absolute atomic E-state index is 0.00440. The maximum atomic E-state index is 12.4. The predicted molar refractivity (Wildman–Crippen MR) is 103 cm³/mol. The molecule has 3 rings (SSSR count). The number of benzene rings is 2. The third-order valence-electron chi connectivity index (χ3n) is 3.51. The standard InChI is InChI=1S/C16H11ClN4O5S2/c17-12-7-6-10(8-13(12)21(23)24)15(22)18-16-20-19-14(27-16)9-28(25,26)11-4-2-1-3-5-11/h1-8H,9H2,(H,18,20,22). The van der Waals surface area contributed by atoms with Crippen LogP contribution in [0.4, 0.5) is 10.8 Å². The Morgan fingerprint density at radius 1 is 1.18 bits per heavy atom. The average molecular weight is 439 g/mol. The molecule has 0 unspecified atom stereocenters. The van der Waals surface area contributed by atoms with Crippen LogP contribution < -0.4 is 5.32 Å². The summed E-state index contributed by atoms with van der Waals surface area (Å²) in [7, 11) is -3.59. The molecule has 9 nitrogen and oxygen atoms in total. The van der Waals surface area contributed by atoms with E-state index in [2.05, 4.69) is 15.5 Å². The van der Waals surface area contributed by atoms with Crippen LogP contribution in [0.1, 0.15) is 15.4 Å². The summed E-state index contributed by atoms with van der Waals surface area (Å²) in [5, 5.41) is 21.1. The molecule has 28 heavy (non-hydrogen) atoms. The SMILES string of the molecule is O=C(Nc1nnc(CS(=O)(=O)c2ccccc2)s1)c1ccc(Cl)c([N+](=O)[O-])c1. The van der Waals surface area contributed by atoms with Crippen LogP contribution in [0.2, 0.25) is 5.02 Å². The van der Waals surface area contributed by atoms with Crippen LogP contribution in [0.3, 0.4) is 0 Å². The van der Waals surface area contributed by atoms with Crippen molar-refractivity contribution in [3.05, 3.63) is 74.2 Å². The number of nitrogens with one attached hydrogen (secondary N) is 1. The van der Waals surface area contributed by atoms with Crippen molar-refractivity contribution in [3.8, 4) is 0 Å². The van der Waals surface area contributed by atoms with Gasteiger partial charge in [0, 0.05) is 11.6 Å². The van der Waals surface area contributed by atoms with Gasteiger partial charge in [-0.3, -0.25) is 20.2 Å². The van der Waals surface area contributed by atoms with Crippen molar-refractivity contribution >= 4 is 49.5 Å². The van der Waals surface area contributed by atoms with Crippen LogP contribution in [0, 0.1) is 10.1 Å². The van der Waals surface area contributed by atoms with Gasteiger partial charge in [-0.15, -0.1) is 10.2 Å². The van der Waals surface area contributed by atoms with E-state index in [0.717, 1.165) is 17.4 Å².